The van der Waals surface area contributed by atoms with Gasteiger partial charge < -0.3 is 10.0 Å². The second-order valence-corrected chi connectivity index (χ2v) is 5.83. The molecule has 0 saturated carbocycles. The highest BCUT2D eigenvalue weighted by molar-refractivity contribution is 4.82. The fourth-order valence-corrected chi connectivity index (χ4v) is 2.22. The van der Waals surface area contributed by atoms with E-state index in [1.54, 1.807) is 0 Å². The molecule has 0 aromatic heterocycles. The number of likely N-dealkylation sites (tertiary alicyclic amines) is 1. The lowest BCUT2D eigenvalue weighted by Crippen LogP contribution is -2.44. The molecule has 15 heavy (non-hydrogen) atoms. The van der Waals surface area contributed by atoms with Crippen molar-refractivity contribution in [2.24, 2.45) is 5.41 Å². The van der Waals surface area contributed by atoms with Crippen LogP contribution in [0.3, 0.4) is 0 Å². The first-order chi connectivity index (χ1) is 6.93. The number of aliphatic hydroxyl groups excluding tert-OH is 1. The zero-order valence-corrected chi connectivity index (χ0v) is 10.8. The lowest BCUT2D eigenvalue weighted by Gasteiger charge is -2.37. The lowest BCUT2D eigenvalue weighted by atomic mass is 9.86. The molecule has 0 aromatic rings. The summed E-state index contributed by atoms with van der Waals surface area (Å²) >= 11 is 0. The van der Waals surface area contributed by atoms with Crippen LogP contribution in [0.25, 0.3) is 0 Å². The maximum Gasteiger partial charge on any atom is 0.0575 e. The molecule has 0 spiro atoms. The molecule has 0 aliphatic carbocycles. The molecule has 1 saturated heterocycles. The Morgan fingerprint density at radius 3 is 2.60 bits per heavy atom. The Labute approximate surface area is 94.7 Å². The van der Waals surface area contributed by atoms with E-state index in [0.717, 1.165) is 6.54 Å². The lowest BCUT2D eigenvalue weighted by molar-refractivity contribution is 0.0248. The van der Waals surface area contributed by atoms with Gasteiger partial charge in [0.15, 0.2) is 0 Å². The highest BCUT2D eigenvalue weighted by Gasteiger charge is 2.29. The number of aliphatic hydroxyl groups is 1. The minimum absolute atomic E-state index is 0.0125. The first kappa shape index (κ1) is 13.0. The van der Waals surface area contributed by atoms with E-state index in [1.165, 1.54) is 32.2 Å². The highest BCUT2D eigenvalue weighted by atomic mass is 16.3. The first-order valence-electron chi connectivity index (χ1n) is 6.35. The molecule has 90 valence electrons. The van der Waals surface area contributed by atoms with Gasteiger partial charge in [-0.15, -0.1) is 0 Å². The predicted octanol–water partition coefficient (Wildman–Crippen LogP) is 2.66. The van der Waals surface area contributed by atoms with Crippen molar-refractivity contribution in [2.75, 3.05) is 13.1 Å². The Hall–Kier alpha value is -0.0800. The standard InChI is InChI=1S/C13H27NO/c1-11-8-6-5-7-9-14(11)10-13(3,4)12(2)15/h11-12,15H,5-10H2,1-4H3. The SMILES string of the molecule is CC1CCCCCN1CC(C)(C)C(C)O. The van der Waals surface area contributed by atoms with Crippen molar-refractivity contribution in [2.45, 2.75) is 65.5 Å². The normalized spacial score (nSPS) is 27.4. The zero-order valence-electron chi connectivity index (χ0n) is 10.8. The summed E-state index contributed by atoms with van der Waals surface area (Å²) in [6.45, 7) is 10.8. The van der Waals surface area contributed by atoms with Gasteiger partial charge in [0.25, 0.3) is 0 Å². The van der Waals surface area contributed by atoms with Crippen molar-refractivity contribution >= 4 is 0 Å². The molecule has 2 atom stereocenters. The number of nitrogens with zero attached hydrogens (tertiary/aromatic N) is 1. The molecular formula is C13H27NO. The average Bonchev–Trinajstić information content (AvgIpc) is 2.31. The van der Waals surface area contributed by atoms with Crippen LogP contribution < -0.4 is 0 Å². The van der Waals surface area contributed by atoms with Gasteiger partial charge in [-0.25, -0.2) is 0 Å². The number of rotatable bonds is 3. The van der Waals surface area contributed by atoms with Crippen LogP contribution >= 0.6 is 0 Å². The number of hydrogen-bond donors (Lipinski definition) is 1. The van der Waals surface area contributed by atoms with Crippen LogP contribution in [-0.4, -0.2) is 35.2 Å². The minimum atomic E-state index is -0.229. The molecule has 1 aliphatic rings. The minimum Gasteiger partial charge on any atom is -0.393 e. The number of hydrogen-bond acceptors (Lipinski definition) is 2. The van der Waals surface area contributed by atoms with E-state index in [2.05, 4.69) is 25.7 Å². The summed E-state index contributed by atoms with van der Waals surface area (Å²) in [5.74, 6) is 0. The van der Waals surface area contributed by atoms with Crippen molar-refractivity contribution in [1.82, 2.24) is 4.90 Å². The maximum absolute atomic E-state index is 9.74. The van der Waals surface area contributed by atoms with Gasteiger partial charge >= 0.3 is 0 Å². The Morgan fingerprint density at radius 1 is 1.33 bits per heavy atom. The maximum atomic E-state index is 9.74. The summed E-state index contributed by atoms with van der Waals surface area (Å²) in [5, 5.41) is 9.74. The fraction of sp³-hybridized carbons (Fsp3) is 1.00. The molecule has 2 unspecified atom stereocenters. The molecule has 0 amide bonds. The van der Waals surface area contributed by atoms with E-state index in [4.69, 9.17) is 0 Å². The summed E-state index contributed by atoms with van der Waals surface area (Å²) in [5.41, 5.74) is 0.0125. The van der Waals surface area contributed by atoms with Crippen LogP contribution in [-0.2, 0) is 0 Å². The second-order valence-electron chi connectivity index (χ2n) is 5.83. The predicted molar refractivity (Wildman–Crippen MR) is 65.0 cm³/mol. The molecule has 2 nitrogen and oxygen atoms in total. The summed E-state index contributed by atoms with van der Waals surface area (Å²) in [6, 6.07) is 0.686. The molecule has 0 aromatic carbocycles. The van der Waals surface area contributed by atoms with Gasteiger partial charge in [0.1, 0.15) is 0 Å². The monoisotopic (exact) mass is 213 g/mol. The van der Waals surface area contributed by atoms with E-state index >= 15 is 0 Å². The van der Waals surface area contributed by atoms with Crippen LogP contribution in [0, 0.1) is 5.41 Å². The van der Waals surface area contributed by atoms with Crippen LogP contribution in [0.15, 0.2) is 0 Å². The molecule has 1 heterocycles. The molecule has 1 rings (SSSR count). The molecule has 0 radical (unpaired) electrons. The highest BCUT2D eigenvalue weighted by Crippen LogP contribution is 2.25. The largest absolute Gasteiger partial charge is 0.393 e. The van der Waals surface area contributed by atoms with E-state index < -0.39 is 0 Å². The average molecular weight is 213 g/mol. The van der Waals surface area contributed by atoms with Gasteiger partial charge in [-0.2, -0.15) is 0 Å². The zero-order chi connectivity index (χ0) is 11.5. The van der Waals surface area contributed by atoms with Gasteiger partial charge in [0.2, 0.25) is 0 Å². The van der Waals surface area contributed by atoms with Crippen LogP contribution in [0.1, 0.15) is 53.4 Å². The Morgan fingerprint density at radius 2 is 2.00 bits per heavy atom. The third kappa shape index (κ3) is 3.76. The van der Waals surface area contributed by atoms with Crippen LogP contribution in [0.5, 0.6) is 0 Å². The van der Waals surface area contributed by atoms with Gasteiger partial charge in [-0.1, -0.05) is 26.7 Å². The summed E-state index contributed by atoms with van der Waals surface area (Å²) < 4.78 is 0. The third-order valence-electron chi connectivity index (χ3n) is 3.93. The molecule has 1 aliphatic heterocycles. The summed E-state index contributed by atoms with van der Waals surface area (Å²) in [7, 11) is 0. The van der Waals surface area contributed by atoms with Crippen molar-refractivity contribution in [3.63, 3.8) is 0 Å². The van der Waals surface area contributed by atoms with Crippen LogP contribution in [0.2, 0.25) is 0 Å². The van der Waals surface area contributed by atoms with E-state index in [-0.39, 0.29) is 11.5 Å². The topological polar surface area (TPSA) is 23.5 Å². The Bertz CT molecular complexity index is 189. The van der Waals surface area contributed by atoms with Crippen molar-refractivity contribution in [1.29, 1.82) is 0 Å². The smallest absolute Gasteiger partial charge is 0.0575 e. The van der Waals surface area contributed by atoms with E-state index in [1.807, 2.05) is 6.92 Å². The molecule has 2 heteroatoms. The second kappa shape index (κ2) is 5.31. The van der Waals surface area contributed by atoms with Crippen molar-refractivity contribution in [3.8, 4) is 0 Å². The van der Waals surface area contributed by atoms with E-state index in [0.29, 0.717) is 6.04 Å². The molecule has 1 fully saturated rings. The Kier molecular flexibility index (Phi) is 4.60. The van der Waals surface area contributed by atoms with Gasteiger partial charge in [0.05, 0.1) is 6.10 Å². The molecule has 0 bridgehead atoms. The van der Waals surface area contributed by atoms with Crippen LogP contribution in [0.4, 0.5) is 0 Å². The quantitative estimate of drug-likeness (QED) is 0.779. The van der Waals surface area contributed by atoms with Gasteiger partial charge in [0, 0.05) is 18.0 Å². The van der Waals surface area contributed by atoms with Crippen molar-refractivity contribution in [3.05, 3.63) is 0 Å². The van der Waals surface area contributed by atoms with Crippen molar-refractivity contribution < 1.29 is 5.11 Å². The summed E-state index contributed by atoms with van der Waals surface area (Å²) in [4.78, 5) is 2.56. The molecular weight excluding hydrogens is 186 g/mol. The molecule has 1 N–H and O–H groups in total. The van der Waals surface area contributed by atoms with Gasteiger partial charge in [-0.3, -0.25) is 0 Å². The summed E-state index contributed by atoms with van der Waals surface area (Å²) in [6.07, 6.45) is 5.15. The van der Waals surface area contributed by atoms with E-state index in [9.17, 15) is 5.11 Å². The first-order valence-corrected chi connectivity index (χ1v) is 6.35. The third-order valence-corrected chi connectivity index (χ3v) is 3.93. The van der Waals surface area contributed by atoms with Gasteiger partial charge in [-0.05, 0) is 33.2 Å². The fourth-order valence-electron chi connectivity index (χ4n) is 2.22. The Balaban J connectivity index is 2.54.